The third-order valence-electron chi connectivity index (χ3n) is 4.72. The summed E-state index contributed by atoms with van der Waals surface area (Å²) in [5.41, 5.74) is 5.29. The van der Waals surface area contributed by atoms with Gasteiger partial charge < -0.3 is 16.3 Å². The van der Waals surface area contributed by atoms with Gasteiger partial charge in [-0.2, -0.15) is 0 Å². The zero-order valence-corrected chi connectivity index (χ0v) is 13.0. The summed E-state index contributed by atoms with van der Waals surface area (Å²) < 4.78 is 0. The van der Waals surface area contributed by atoms with Crippen molar-refractivity contribution in [3.05, 3.63) is 0 Å². The van der Waals surface area contributed by atoms with Crippen molar-refractivity contribution in [1.82, 2.24) is 5.32 Å². The first-order valence-electron chi connectivity index (χ1n) is 7.76. The molecule has 0 aromatic heterocycles. The molecule has 116 valence electrons. The van der Waals surface area contributed by atoms with Crippen molar-refractivity contribution in [3.8, 4) is 0 Å². The highest BCUT2D eigenvalue weighted by Crippen LogP contribution is 2.48. The molecule has 1 rings (SSSR count). The van der Waals surface area contributed by atoms with Gasteiger partial charge in [0.25, 0.3) is 0 Å². The summed E-state index contributed by atoms with van der Waals surface area (Å²) >= 11 is 0. The number of hydrogen-bond acceptors (Lipinski definition) is 3. The van der Waals surface area contributed by atoms with Gasteiger partial charge in [0.15, 0.2) is 5.84 Å². The Bertz CT molecular complexity index is 356. The van der Waals surface area contributed by atoms with Crippen molar-refractivity contribution >= 4 is 11.7 Å². The predicted molar refractivity (Wildman–Crippen MR) is 80.6 cm³/mol. The first-order valence-corrected chi connectivity index (χ1v) is 7.76. The van der Waals surface area contributed by atoms with Gasteiger partial charge in [0, 0.05) is 6.54 Å². The summed E-state index contributed by atoms with van der Waals surface area (Å²) in [5, 5.41) is 15.2. The number of carbonyl (C=O) groups is 1. The van der Waals surface area contributed by atoms with Gasteiger partial charge in [0.05, 0.1) is 0 Å². The Morgan fingerprint density at radius 2 is 1.85 bits per heavy atom. The number of nitrogens with zero attached hydrogens (tertiary/aromatic N) is 1. The van der Waals surface area contributed by atoms with Gasteiger partial charge >= 0.3 is 0 Å². The topological polar surface area (TPSA) is 87.7 Å². The van der Waals surface area contributed by atoms with E-state index >= 15 is 0 Å². The molecular weight excluding hydrogens is 254 g/mol. The number of oxime groups is 1. The van der Waals surface area contributed by atoms with Gasteiger partial charge in [-0.25, -0.2) is 0 Å². The predicted octanol–water partition coefficient (Wildman–Crippen LogP) is 2.63. The molecule has 1 aliphatic rings. The van der Waals surface area contributed by atoms with Crippen molar-refractivity contribution in [2.75, 3.05) is 6.54 Å². The molecule has 0 aromatic carbocycles. The summed E-state index contributed by atoms with van der Waals surface area (Å²) in [5.74, 6) is -0.0451. The smallest absolute Gasteiger partial charge is 0.233 e. The molecule has 5 heteroatoms. The maximum absolute atomic E-state index is 12.7. The van der Waals surface area contributed by atoms with E-state index in [0.717, 1.165) is 19.3 Å². The Morgan fingerprint density at radius 1 is 1.30 bits per heavy atom. The van der Waals surface area contributed by atoms with Crippen LogP contribution in [0.25, 0.3) is 0 Å². The molecule has 0 unspecified atom stereocenters. The van der Waals surface area contributed by atoms with Gasteiger partial charge in [-0.05, 0) is 37.5 Å². The lowest BCUT2D eigenvalue weighted by Crippen LogP contribution is -2.51. The lowest BCUT2D eigenvalue weighted by atomic mass is 9.77. The van der Waals surface area contributed by atoms with E-state index in [2.05, 4.69) is 17.4 Å². The summed E-state index contributed by atoms with van der Waals surface area (Å²) in [6.07, 6.45) is 6.32. The average molecular weight is 283 g/mol. The van der Waals surface area contributed by atoms with E-state index in [1.54, 1.807) is 0 Å². The normalized spacial score (nSPS) is 17.9. The molecule has 20 heavy (non-hydrogen) atoms. The molecule has 4 N–H and O–H groups in total. The lowest BCUT2D eigenvalue weighted by molar-refractivity contribution is -0.128. The fourth-order valence-electron chi connectivity index (χ4n) is 2.94. The van der Waals surface area contributed by atoms with Gasteiger partial charge in [-0.15, -0.1) is 0 Å². The Hall–Kier alpha value is -1.26. The molecule has 1 saturated carbocycles. The molecule has 1 fully saturated rings. The molecule has 1 amide bonds. The van der Waals surface area contributed by atoms with Crippen molar-refractivity contribution in [2.45, 2.75) is 65.7 Å². The lowest BCUT2D eigenvalue weighted by Gasteiger charge is -2.31. The molecule has 0 saturated heterocycles. The Morgan fingerprint density at radius 3 is 2.20 bits per heavy atom. The van der Waals surface area contributed by atoms with Crippen LogP contribution in [0.3, 0.4) is 0 Å². The van der Waals surface area contributed by atoms with Crippen molar-refractivity contribution in [2.24, 2.45) is 21.7 Å². The van der Waals surface area contributed by atoms with Crippen molar-refractivity contribution in [3.63, 3.8) is 0 Å². The van der Waals surface area contributed by atoms with Crippen LogP contribution in [0.5, 0.6) is 0 Å². The van der Waals surface area contributed by atoms with Gasteiger partial charge in [0.2, 0.25) is 5.91 Å². The molecule has 5 nitrogen and oxygen atoms in total. The highest BCUT2D eigenvalue weighted by molar-refractivity contribution is 6.06. The minimum absolute atomic E-state index is 0.0417. The summed E-state index contributed by atoms with van der Waals surface area (Å²) in [7, 11) is 0. The molecule has 0 aromatic rings. The second-order valence-electron chi connectivity index (χ2n) is 6.10. The second kappa shape index (κ2) is 6.95. The van der Waals surface area contributed by atoms with Crippen LogP contribution in [0.2, 0.25) is 0 Å². The highest BCUT2D eigenvalue weighted by atomic mass is 16.4. The first-order chi connectivity index (χ1) is 9.50. The van der Waals surface area contributed by atoms with E-state index in [1.807, 2.05) is 13.8 Å². The van der Waals surface area contributed by atoms with Crippen LogP contribution in [0, 0.1) is 10.8 Å². The third-order valence-corrected chi connectivity index (χ3v) is 4.72. The van der Waals surface area contributed by atoms with Crippen LogP contribution in [0.15, 0.2) is 5.16 Å². The SMILES string of the molecule is CCCC(CCC)(C(=O)NCC1(CC)CC1)C(N)=NO. The zero-order valence-electron chi connectivity index (χ0n) is 13.0. The number of rotatable bonds is 9. The summed E-state index contributed by atoms with van der Waals surface area (Å²) in [6, 6.07) is 0. The number of nitrogens with one attached hydrogen (secondary N) is 1. The standard InChI is InChI=1S/C15H29N3O2/c1-4-7-15(8-5-2,12(16)18-20)13(19)17-11-14(6-3)9-10-14/h20H,4-11H2,1-3H3,(H2,16,18)(H,17,19). The number of nitrogens with two attached hydrogens (primary N) is 1. The molecule has 0 bridgehead atoms. The van der Waals surface area contributed by atoms with E-state index < -0.39 is 5.41 Å². The first kappa shape index (κ1) is 16.8. The molecule has 0 aliphatic heterocycles. The van der Waals surface area contributed by atoms with Crippen LogP contribution in [0.1, 0.15) is 65.7 Å². The van der Waals surface area contributed by atoms with Gasteiger partial charge in [-0.1, -0.05) is 38.8 Å². The Kier molecular flexibility index (Phi) is 5.84. The molecule has 0 radical (unpaired) electrons. The minimum atomic E-state index is -0.859. The van der Waals surface area contributed by atoms with E-state index in [-0.39, 0.29) is 11.7 Å². The molecule has 0 heterocycles. The third kappa shape index (κ3) is 3.44. The van der Waals surface area contributed by atoms with Crippen molar-refractivity contribution < 1.29 is 10.0 Å². The van der Waals surface area contributed by atoms with Crippen LogP contribution in [0.4, 0.5) is 0 Å². The quantitative estimate of drug-likeness (QED) is 0.263. The van der Waals surface area contributed by atoms with Crippen LogP contribution in [-0.2, 0) is 4.79 Å². The molecular formula is C15H29N3O2. The number of amidine groups is 1. The van der Waals surface area contributed by atoms with Crippen molar-refractivity contribution in [1.29, 1.82) is 0 Å². The maximum atomic E-state index is 12.7. The van der Waals surface area contributed by atoms with Gasteiger partial charge in [0.1, 0.15) is 5.41 Å². The molecule has 1 aliphatic carbocycles. The number of amides is 1. The summed E-state index contributed by atoms with van der Waals surface area (Å²) in [6.45, 7) is 6.89. The van der Waals surface area contributed by atoms with Gasteiger partial charge in [-0.3, -0.25) is 4.79 Å². The van der Waals surface area contributed by atoms with E-state index in [4.69, 9.17) is 10.9 Å². The average Bonchev–Trinajstić information content (AvgIpc) is 3.24. The molecule has 0 spiro atoms. The maximum Gasteiger partial charge on any atom is 0.233 e. The van der Waals surface area contributed by atoms with Crippen LogP contribution in [-0.4, -0.2) is 23.5 Å². The Balaban J connectivity index is 2.82. The summed E-state index contributed by atoms with van der Waals surface area (Å²) in [4.78, 5) is 12.7. The zero-order chi connectivity index (χ0) is 15.2. The monoisotopic (exact) mass is 283 g/mol. The highest BCUT2D eigenvalue weighted by Gasteiger charge is 2.45. The van der Waals surface area contributed by atoms with E-state index in [0.29, 0.717) is 24.8 Å². The van der Waals surface area contributed by atoms with E-state index in [9.17, 15) is 4.79 Å². The van der Waals surface area contributed by atoms with Crippen LogP contribution < -0.4 is 11.1 Å². The van der Waals surface area contributed by atoms with E-state index in [1.165, 1.54) is 12.8 Å². The number of hydrogen-bond donors (Lipinski definition) is 3. The number of carbonyl (C=O) groups excluding carboxylic acids is 1. The second-order valence-corrected chi connectivity index (χ2v) is 6.10. The largest absolute Gasteiger partial charge is 0.409 e. The minimum Gasteiger partial charge on any atom is -0.409 e. The fraction of sp³-hybridized carbons (Fsp3) is 0.867. The Labute approximate surface area is 122 Å². The molecule has 0 atom stereocenters. The fourth-order valence-corrected chi connectivity index (χ4v) is 2.94. The van der Waals surface area contributed by atoms with Crippen LogP contribution >= 0.6 is 0 Å².